The van der Waals surface area contributed by atoms with E-state index in [1.807, 2.05) is 34.9 Å². The molecule has 0 aliphatic rings. The van der Waals surface area contributed by atoms with E-state index in [4.69, 9.17) is 0 Å². The topological polar surface area (TPSA) is 86.1 Å². The van der Waals surface area contributed by atoms with E-state index in [1.165, 1.54) is 7.11 Å². The third kappa shape index (κ3) is 3.33. The molecule has 28 heavy (non-hydrogen) atoms. The van der Waals surface area contributed by atoms with E-state index < -0.39 is 5.97 Å². The number of fused-ring (bicyclic) bond motifs is 1. The second-order valence-corrected chi connectivity index (χ2v) is 6.03. The van der Waals surface area contributed by atoms with Gasteiger partial charge >= 0.3 is 5.97 Å². The van der Waals surface area contributed by atoms with Crippen molar-refractivity contribution in [3.63, 3.8) is 0 Å². The van der Waals surface area contributed by atoms with Crippen molar-refractivity contribution in [2.45, 2.75) is 0 Å². The first-order chi connectivity index (χ1) is 13.7. The number of para-hydroxylation sites is 2. The third-order valence-electron chi connectivity index (χ3n) is 4.27. The number of nitrogens with zero attached hydrogens (tertiary/aromatic N) is 3. The van der Waals surface area contributed by atoms with Crippen molar-refractivity contribution in [1.82, 2.24) is 14.5 Å². The first-order valence-electron chi connectivity index (χ1n) is 8.54. The van der Waals surface area contributed by atoms with Crippen molar-refractivity contribution < 1.29 is 14.3 Å². The van der Waals surface area contributed by atoms with Gasteiger partial charge in [-0.15, -0.1) is 0 Å². The molecule has 0 unspecified atom stereocenters. The number of carbonyl (C=O) groups is 2. The van der Waals surface area contributed by atoms with E-state index in [0.29, 0.717) is 22.6 Å². The lowest BCUT2D eigenvalue weighted by molar-refractivity contribution is 0.0600. The minimum atomic E-state index is -0.446. The Morgan fingerprint density at radius 2 is 1.68 bits per heavy atom. The molecule has 4 aromatic rings. The van der Waals surface area contributed by atoms with Crippen LogP contribution in [-0.4, -0.2) is 33.5 Å². The molecule has 0 bridgehead atoms. The zero-order valence-electron chi connectivity index (χ0n) is 15.0. The number of anilines is 1. The van der Waals surface area contributed by atoms with Gasteiger partial charge in [0.25, 0.3) is 5.91 Å². The Bertz CT molecular complexity index is 1150. The first kappa shape index (κ1) is 17.4. The van der Waals surface area contributed by atoms with Crippen LogP contribution in [0.5, 0.6) is 0 Å². The molecule has 4 rings (SSSR count). The fraction of sp³-hybridized carbons (Fsp3) is 0.0476. The number of imidazole rings is 1. The van der Waals surface area contributed by atoms with Crippen molar-refractivity contribution in [2.24, 2.45) is 0 Å². The largest absolute Gasteiger partial charge is 0.465 e. The Morgan fingerprint density at radius 1 is 0.929 bits per heavy atom. The lowest BCUT2D eigenvalue weighted by Crippen LogP contribution is -2.12. The molecule has 2 heterocycles. The van der Waals surface area contributed by atoms with Crippen LogP contribution in [0, 0.1) is 0 Å². The number of methoxy groups -OCH3 is 1. The molecule has 7 nitrogen and oxygen atoms in total. The van der Waals surface area contributed by atoms with Gasteiger partial charge < -0.3 is 10.1 Å². The number of hydrogen-bond donors (Lipinski definition) is 1. The van der Waals surface area contributed by atoms with E-state index in [1.54, 1.807) is 42.9 Å². The van der Waals surface area contributed by atoms with Gasteiger partial charge in [-0.1, -0.05) is 12.1 Å². The Kier molecular flexibility index (Phi) is 4.55. The molecular weight excluding hydrogens is 356 g/mol. The van der Waals surface area contributed by atoms with E-state index in [9.17, 15) is 9.59 Å². The van der Waals surface area contributed by atoms with Crippen molar-refractivity contribution in [1.29, 1.82) is 0 Å². The van der Waals surface area contributed by atoms with Gasteiger partial charge in [-0.2, -0.15) is 0 Å². The van der Waals surface area contributed by atoms with E-state index >= 15 is 0 Å². The number of benzene rings is 2. The summed E-state index contributed by atoms with van der Waals surface area (Å²) < 4.78 is 6.53. The molecule has 0 aliphatic heterocycles. The number of hydrogen-bond acceptors (Lipinski definition) is 5. The normalized spacial score (nSPS) is 10.6. The van der Waals surface area contributed by atoms with Crippen LogP contribution in [0.3, 0.4) is 0 Å². The van der Waals surface area contributed by atoms with Gasteiger partial charge in [0, 0.05) is 5.56 Å². The van der Waals surface area contributed by atoms with Crippen molar-refractivity contribution in [3.05, 3.63) is 84.3 Å². The Labute approximate surface area is 160 Å². The van der Waals surface area contributed by atoms with Crippen LogP contribution in [0.4, 0.5) is 5.69 Å². The average molecular weight is 372 g/mol. The predicted molar refractivity (Wildman–Crippen MR) is 105 cm³/mol. The monoisotopic (exact) mass is 372 g/mol. The number of rotatable bonds is 4. The van der Waals surface area contributed by atoms with Gasteiger partial charge in [-0.3, -0.25) is 9.36 Å². The third-order valence-corrected chi connectivity index (χ3v) is 4.27. The standard InChI is InChI=1S/C21H16N4O3/c1-28-21(27)15-8-6-14(7-9-15)20(26)24-16-10-11-19(22-12-16)25-13-23-17-4-2-3-5-18(17)25/h2-13H,1H3,(H,24,26). The van der Waals surface area contributed by atoms with Crippen LogP contribution in [0.25, 0.3) is 16.9 Å². The van der Waals surface area contributed by atoms with Crippen molar-refractivity contribution in [2.75, 3.05) is 12.4 Å². The van der Waals surface area contributed by atoms with Crippen LogP contribution >= 0.6 is 0 Å². The molecule has 0 spiro atoms. The summed E-state index contributed by atoms with van der Waals surface area (Å²) in [4.78, 5) is 32.6. The highest BCUT2D eigenvalue weighted by atomic mass is 16.5. The fourth-order valence-corrected chi connectivity index (χ4v) is 2.82. The first-order valence-corrected chi connectivity index (χ1v) is 8.54. The molecule has 1 N–H and O–H groups in total. The highest BCUT2D eigenvalue weighted by Gasteiger charge is 2.10. The second-order valence-electron chi connectivity index (χ2n) is 6.03. The van der Waals surface area contributed by atoms with Crippen LogP contribution in [-0.2, 0) is 4.74 Å². The number of ether oxygens (including phenoxy) is 1. The summed E-state index contributed by atoms with van der Waals surface area (Å²) in [5.41, 5.74) is 3.22. The summed E-state index contributed by atoms with van der Waals surface area (Å²) in [5, 5.41) is 2.79. The van der Waals surface area contributed by atoms with Crippen LogP contribution in [0.2, 0.25) is 0 Å². The molecule has 0 aliphatic carbocycles. The molecule has 0 saturated carbocycles. The van der Waals surface area contributed by atoms with Gasteiger partial charge in [0.1, 0.15) is 12.1 Å². The van der Waals surface area contributed by atoms with E-state index in [-0.39, 0.29) is 5.91 Å². The maximum absolute atomic E-state index is 12.4. The zero-order valence-corrected chi connectivity index (χ0v) is 15.0. The number of nitrogens with one attached hydrogen (secondary N) is 1. The number of amides is 1. The van der Waals surface area contributed by atoms with E-state index in [2.05, 4.69) is 20.0 Å². The smallest absolute Gasteiger partial charge is 0.337 e. The minimum absolute atomic E-state index is 0.293. The summed E-state index contributed by atoms with van der Waals surface area (Å²) in [5.74, 6) is -0.0352. The number of esters is 1. The number of aromatic nitrogens is 3. The fourth-order valence-electron chi connectivity index (χ4n) is 2.82. The lowest BCUT2D eigenvalue weighted by atomic mass is 10.1. The van der Waals surface area contributed by atoms with Gasteiger partial charge in [0.15, 0.2) is 0 Å². The summed E-state index contributed by atoms with van der Waals surface area (Å²) in [6.45, 7) is 0. The molecule has 1 amide bonds. The van der Waals surface area contributed by atoms with Gasteiger partial charge in [0.05, 0.1) is 35.6 Å². The zero-order chi connectivity index (χ0) is 19.5. The van der Waals surface area contributed by atoms with Crippen LogP contribution in [0.1, 0.15) is 20.7 Å². The molecule has 0 saturated heterocycles. The van der Waals surface area contributed by atoms with Crippen LogP contribution < -0.4 is 5.32 Å². The summed E-state index contributed by atoms with van der Waals surface area (Å²) in [6.07, 6.45) is 3.30. The molecule has 7 heteroatoms. The predicted octanol–water partition coefficient (Wildman–Crippen LogP) is 3.46. The summed E-state index contributed by atoms with van der Waals surface area (Å²) >= 11 is 0. The van der Waals surface area contributed by atoms with Crippen molar-refractivity contribution >= 4 is 28.6 Å². The Balaban J connectivity index is 1.50. The lowest BCUT2D eigenvalue weighted by Gasteiger charge is -2.07. The van der Waals surface area contributed by atoms with Gasteiger partial charge in [-0.25, -0.2) is 14.8 Å². The summed E-state index contributed by atoms with van der Waals surface area (Å²) in [7, 11) is 1.31. The highest BCUT2D eigenvalue weighted by molar-refractivity contribution is 6.04. The maximum Gasteiger partial charge on any atom is 0.337 e. The van der Waals surface area contributed by atoms with E-state index in [0.717, 1.165) is 11.0 Å². The molecule has 0 radical (unpaired) electrons. The summed E-state index contributed by atoms with van der Waals surface area (Å²) in [6, 6.07) is 17.6. The SMILES string of the molecule is COC(=O)c1ccc(C(=O)Nc2ccc(-n3cnc4ccccc43)nc2)cc1. The van der Waals surface area contributed by atoms with Gasteiger partial charge in [0.2, 0.25) is 0 Å². The Hall–Kier alpha value is -4.00. The van der Waals surface area contributed by atoms with Gasteiger partial charge in [-0.05, 0) is 48.5 Å². The van der Waals surface area contributed by atoms with Crippen LogP contribution in [0.15, 0.2) is 73.2 Å². The minimum Gasteiger partial charge on any atom is -0.465 e. The maximum atomic E-state index is 12.4. The molecule has 2 aromatic carbocycles. The second kappa shape index (κ2) is 7.32. The number of pyridine rings is 1. The molecule has 0 fully saturated rings. The Morgan fingerprint density at radius 3 is 2.39 bits per heavy atom. The molecular formula is C21H16N4O3. The molecule has 2 aromatic heterocycles. The molecule has 0 atom stereocenters. The molecule has 138 valence electrons. The van der Waals surface area contributed by atoms with Crippen molar-refractivity contribution in [3.8, 4) is 5.82 Å². The number of carbonyl (C=O) groups excluding carboxylic acids is 2. The highest BCUT2D eigenvalue weighted by Crippen LogP contribution is 2.18. The quantitative estimate of drug-likeness (QED) is 0.555. The average Bonchev–Trinajstić information content (AvgIpc) is 3.18.